The normalized spacial score (nSPS) is 19.3. The Bertz CT molecular complexity index is 1530. The predicted molar refractivity (Wildman–Crippen MR) is 159 cm³/mol. The maximum atomic E-state index is 15.0. The number of anilines is 2. The standard InChI is InChI=1S/C32H35FN6O3/c1-4-29(40)39-16-15-38(18-23(39)17-34-3)31-25-13-14-37(28-10-6-8-22-7-5-9-26(33)30(22)28)19-27(25)35-32(36-31)42-21(2)20-41-24-11-12-24/h4-10,21,23-24H,1,11-20H2,2H3/t21-,23+/m1/s1. The third kappa shape index (κ3) is 5.74. The van der Waals surface area contributed by atoms with E-state index < -0.39 is 0 Å². The summed E-state index contributed by atoms with van der Waals surface area (Å²) >= 11 is 0. The molecule has 9 nitrogen and oxygen atoms in total. The molecule has 2 atom stereocenters. The van der Waals surface area contributed by atoms with E-state index in [-0.39, 0.29) is 36.4 Å². The topological polar surface area (TPSA) is 75.4 Å². The van der Waals surface area contributed by atoms with Crippen molar-refractivity contribution in [3.8, 4) is 6.01 Å². The van der Waals surface area contributed by atoms with Gasteiger partial charge >= 0.3 is 6.01 Å². The van der Waals surface area contributed by atoms with E-state index in [4.69, 9.17) is 26.0 Å². The molecule has 3 heterocycles. The average molecular weight is 571 g/mol. The van der Waals surface area contributed by atoms with Crippen LogP contribution in [0.4, 0.5) is 15.9 Å². The third-order valence-corrected chi connectivity index (χ3v) is 8.13. The molecule has 0 N–H and O–H groups in total. The number of nitrogens with zero attached hydrogens (tertiary/aromatic N) is 6. The van der Waals surface area contributed by atoms with Gasteiger partial charge in [0.15, 0.2) is 0 Å². The van der Waals surface area contributed by atoms with E-state index in [9.17, 15) is 4.79 Å². The second-order valence-electron chi connectivity index (χ2n) is 11.2. The molecule has 42 heavy (non-hydrogen) atoms. The molecule has 0 unspecified atom stereocenters. The Balaban J connectivity index is 1.33. The van der Waals surface area contributed by atoms with Crippen LogP contribution in [-0.4, -0.2) is 78.4 Å². The molecule has 3 aromatic rings. The summed E-state index contributed by atoms with van der Waals surface area (Å²) in [5.41, 5.74) is 2.68. The van der Waals surface area contributed by atoms with E-state index in [0.717, 1.165) is 41.0 Å². The van der Waals surface area contributed by atoms with E-state index in [1.54, 1.807) is 11.0 Å². The largest absolute Gasteiger partial charge is 0.458 e. The van der Waals surface area contributed by atoms with Crippen molar-refractivity contribution < 1.29 is 18.7 Å². The fourth-order valence-electron chi connectivity index (χ4n) is 5.89. The van der Waals surface area contributed by atoms with Crippen molar-refractivity contribution in [2.75, 3.05) is 49.1 Å². The number of carbonyl (C=O) groups excluding carboxylic acids is 1. The van der Waals surface area contributed by atoms with E-state index in [1.165, 1.54) is 12.1 Å². The summed E-state index contributed by atoms with van der Waals surface area (Å²) in [5.74, 6) is 0.359. The first-order valence-corrected chi connectivity index (χ1v) is 14.6. The SMILES string of the molecule is [C-]#[N+]C[C@H]1CN(c2nc(O[C@H](C)COC3CC3)nc3c2CCN(c2cccc4cccc(F)c24)C3)CCN1C(=O)C=C. The summed E-state index contributed by atoms with van der Waals surface area (Å²) in [6.07, 6.45) is 4.22. The molecule has 6 rings (SSSR count). The number of benzene rings is 2. The van der Waals surface area contributed by atoms with Crippen molar-refractivity contribution in [1.29, 1.82) is 0 Å². The minimum Gasteiger partial charge on any atom is -0.458 e. The van der Waals surface area contributed by atoms with Gasteiger partial charge in [0.1, 0.15) is 23.8 Å². The van der Waals surface area contributed by atoms with Gasteiger partial charge in [-0.15, -0.1) is 0 Å². The Kier molecular flexibility index (Phi) is 7.94. The van der Waals surface area contributed by atoms with Gasteiger partial charge in [0.05, 0.1) is 24.9 Å². The highest BCUT2D eigenvalue weighted by Gasteiger charge is 2.35. The molecule has 1 aromatic heterocycles. The quantitative estimate of drug-likeness (QED) is 0.279. The van der Waals surface area contributed by atoms with Crippen LogP contribution in [0.2, 0.25) is 0 Å². The van der Waals surface area contributed by atoms with Gasteiger partial charge < -0.3 is 29.0 Å². The van der Waals surface area contributed by atoms with Crippen molar-refractivity contribution in [1.82, 2.24) is 14.9 Å². The van der Waals surface area contributed by atoms with Gasteiger partial charge in [0.25, 0.3) is 0 Å². The Hall–Kier alpha value is -4.23. The Morgan fingerprint density at radius 3 is 2.76 bits per heavy atom. The van der Waals surface area contributed by atoms with Crippen molar-refractivity contribution in [3.05, 3.63) is 77.5 Å². The predicted octanol–water partition coefficient (Wildman–Crippen LogP) is 4.40. The molecular weight excluding hydrogens is 535 g/mol. The molecule has 0 radical (unpaired) electrons. The monoisotopic (exact) mass is 570 g/mol. The molecule has 1 saturated carbocycles. The summed E-state index contributed by atoms with van der Waals surface area (Å²) in [6, 6.07) is 11.0. The van der Waals surface area contributed by atoms with Crippen LogP contribution in [0.3, 0.4) is 0 Å². The number of halogens is 1. The van der Waals surface area contributed by atoms with Gasteiger partial charge in [-0.25, -0.2) is 11.0 Å². The van der Waals surface area contributed by atoms with Crippen molar-refractivity contribution in [2.24, 2.45) is 0 Å². The maximum Gasteiger partial charge on any atom is 0.319 e. The second kappa shape index (κ2) is 11.9. The molecular formula is C32H35FN6O3. The lowest BCUT2D eigenvalue weighted by atomic mass is 10.0. The highest BCUT2D eigenvalue weighted by molar-refractivity contribution is 5.95. The first kappa shape index (κ1) is 27.9. The van der Waals surface area contributed by atoms with Gasteiger partial charge in [-0.2, -0.15) is 9.97 Å². The van der Waals surface area contributed by atoms with Crippen LogP contribution >= 0.6 is 0 Å². The molecule has 2 aliphatic heterocycles. The summed E-state index contributed by atoms with van der Waals surface area (Å²) in [4.78, 5) is 31.9. The maximum absolute atomic E-state index is 15.0. The lowest BCUT2D eigenvalue weighted by Gasteiger charge is -2.41. The first-order chi connectivity index (χ1) is 20.4. The lowest BCUT2D eigenvalue weighted by Crippen LogP contribution is -2.56. The molecule has 2 fully saturated rings. The molecule has 1 amide bonds. The van der Waals surface area contributed by atoms with Gasteiger partial charge in [0, 0.05) is 42.8 Å². The molecule has 10 heteroatoms. The number of ether oxygens (including phenoxy) is 2. The van der Waals surface area contributed by atoms with Gasteiger partial charge in [-0.05, 0) is 49.8 Å². The summed E-state index contributed by atoms with van der Waals surface area (Å²) < 4.78 is 27.1. The van der Waals surface area contributed by atoms with Crippen molar-refractivity contribution in [3.63, 3.8) is 0 Å². The number of rotatable bonds is 9. The van der Waals surface area contributed by atoms with E-state index in [1.807, 2.05) is 31.2 Å². The zero-order valence-corrected chi connectivity index (χ0v) is 23.8. The first-order valence-electron chi connectivity index (χ1n) is 14.6. The lowest BCUT2D eigenvalue weighted by molar-refractivity contribution is -0.128. The molecule has 0 bridgehead atoms. The number of hydrogen-bond acceptors (Lipinski definition) is 7. The van der Waals surface area contributed by atoms with Gasteiger partial charge in [-0.3, -0.25) is 4.79 Å². The number of aromatic nitrogens is 2. The number of amides is 1. The van der Waals surface area contributed by atoms with Crippen LogP contribution in [0.5, 0.6) is 6.01 Å². The van der Waals surface area contributed by atoms with Crippen LogP contribution in [0.1, 0.15) is 31.0 Å². The van der Waals surface area contributed by atoms with Gasteiger partial charge in [0.2, 0.25) is 12.5 Å². The van der Waals surface area contributed by atoms with E-state index in [0.29, 0.717) is 57.2 Å². The van der Waals surface area contributed by atoms with Crippen molar-refractivity contribution >= 4 is 28.2 Å². The Morgan fingerprint density at radius 1 is 1.19 bits per heavy atom. The molecule has 1 aliphatic carbocycles. The molecule has 0 spiro atoms. The fourth-order valence-corrected chi connectivity index (χ4v) is 5.89. The van der Waals surface area contributed by atoms with Crippen LogP contribution < -0.4 is 14.5 Å². The highest BCUT2D eigenvalue weighted by Crippen LogP contribution is 2.36. The van der Waals surface area contributed by atoms with Gasteiger partial charge in [-0.1, -0.05) is 30.8 Å². The second-order valence-corrected chi connectivity index (χ2v) is 11.2. The molecule has 218 valence electrons. The molecule has 2 aromatic carbocycles. The van der Waals surface area contributed by atoms with Crippen LogP contribution in [-0.2, 0) is 22.5 Å². The minimum absolute atomic E-state index is 0.167. The Morgan fingerprint density at radius 2 is 2.00 bits per heavy atom. The van der Waals surface area contributed by atoms with E-state index >= 15 is 4.39 Å². The fraction of sp³-hybridized carbons (Fsp3) is 0.438. The highest BCUT2D eigenvalue weighted by atomic mass is 19.1. The summed E-state index contributed by atoms with van der Waals surface area (Å²) in [5, 5.41) is 1.46. The molecule has 1 saturated heterocycles. The van der Waals surface area contributed by atoms with Crippen LogP contribution in [0.25, 0.3) is 15.6 Å². The number of hydrogen-bond donors (Lipinski definition) is 0. The number of carbonyl (C=O) groups is 1. The third-order valence-electron chi connectivity index (χ3n) is 8.13. The smallest absolute Gasteiger partial charge is 0.319 e. The zero-order valence-electron chi connectivity index (χ0n) is 23.8. The van der Waals surface area contributed by atoms with Crippen LogP contribution in [0.15, 0.2) is 49.1 Å². The van der Waals surface area contributed by atoms with E-state index in [2.05, 4.69) is 21.2 Å². The summed E-state index contributed by atoms with van der Waals surface area (Å²) in [7, 11) is 0. The number of fused-ring (bicyclic) bond motifs is 2. The Labute approximate surface area is 245 Å². The number of piperazine rings is 1. The average Bonchev–Trinajstić information content (AvgIpc) is 3.84. The molecule has 3 aliphatic rings. The van der Waals surface area contributed by atoms with Crippen molar-refractivity contribution in [2.45, 2.75) is 51.0 Å². The minimum atomic E-state index is -0.277. The van der Waals surface area contributed by atoms with Crippen LogP contribution in [0, 0.1) is 12.4 Å². The zero-order chi connectivity index (χ0) is 29.2. The summed E-state index contributed by atoms with van der Waals surface area (Å²) in [6.45, 7) is 16.3.